The number of nitrogens with zero attached hydrogens (tertiary/aromatic N) is 1. The lowest BCUT2D eigenvalue weighted by Gasteiger charge is -2.22. The summed E-state index contributed by atoms with van der Waals surface area (Å²) in [6.45, 7) is 0. The van der Waals surface area contributed by atoms with E-state index in [2.05, 4.69) is 5.32 Å². The zero-order chi connectivity index (χ0) is 11.7. The summed E-state index contributed by atoms with van der Waals surface area (Å²) >= 11 is 11.6. The molecule has 2 rings (SSSR count). The maximum absolute atomic E-state index is 13.2. The van der Waals surface area contributed by atoms with Crippen molar-refractivity contribution in [3.8, 4) is 0 Å². The van der Waals surface area contributed by atoms with E-state index in [-0.39, 0.29) is 5.88 Å². The Morgan fingerprint density at radius 1 is 1.44 bits per heavy atom. The first kappa shape index (κ1) is 11.6. The highest BCUT2D eigenvalue weighted by molar-refractivity contribution is 6.34. The minimum Gasteiger partial charge on any atom is -0.290 e. The average molecular weight is 263 g/mol. The average Bonchev–Trinajstić information content (AvgIpc) is 2.56. The van der Waals surface area contributed by atoms with E-state index in [9.17, 15) is 9.18 Å². The second-order valence-electron chi connectivity index (χ2n) is 3.36. The second kappa shape index (κ2) is 4.57. The topological polar surface area (TPSA) is 32.3 Å². The molecular weight excluding hydrogens is 254 g/mol. The van der Waals surface area contributed by atoms with Crippen molar-refractivity contribution in [2.75, 3.05) is 10.8 Å². The Morgan fingerprint density at radius 3 is 2.75 bits per heavy atom. The van der Waals surface area contributed by atoms with E-state index in [1.807, 2.05) is 0 Å². The first-order valence-corrected chi connectivity index (χ1v) is 5.60. The lowest BCUT2D eigenvalue weighted by Crippen LogP contribution is -2.39. The summed E-state index contributed by atoms with van der Waals surface area (Å²) in [5.74, 6) is -0.573. The van der Waals surface area contributed by atoms with Crippen LogP contribution < -0.4 is 10.2 Å². The maximum Gasteiger partial charge on any atom is 0.278 e. The van der Waals surface area contributed by atoms with E-state index >= 15 is 0 Å². The van der Waals surface area contributed by atoms with Gasteiger partial charge in [0.1, 0.15) is 6.17 Å². The molecule has 0 saturated carbocycles. The van der Waals surface area contributed by atoms with Gasteiger partial charge >= 0.3 is 0 Å². The van der Waals surface area contributed by atoms with E-state index in [1.165, 1.54) is 4.90 Å². The Hall–Kier alpha value is -0.840. The van der Waals surface area contributed by atoms with Crippen LogP contribution in [0.1, 0.15) is 0 Å². The van der Waals surface area contributed by atoms with Gasteiger partial charge in [-0.2, -0.15) is 0 Å². The van der Waals surface area contributed by atoms with Crippen LogP contribution in [0.2, 0.25) is 5.02 Å². The Bertz CT molecular complexity index is 416. The van der Waals surface area contributed by atoms with Gasteiger partial charge in [-0.05, 0) is 12.1 Å². The van der Waals surface area contributed by atoms with Crippen molar-refractivity contribution in [3.05, 3.63) is 29.3 Å². The minimum absolute atomic E-state index is 0.0946. The molecule has 2 unspecified atom stereocenters. The van der Waals surface area contributed by atoms with Gasteiger partial charge in [0.2, 0.25) is 6.30 Å². The van der Waals surface area contributed by atoms with E-state index < -0.39 is 18.4 Å². The lowest BCUT2D eigenvalue weighted by molar-refractivity contribution is -0.121. The third-order valence-electron chi connectivity index (χ3n) is 2.36. The standard InChI is InChI=1S/C10H9Cl2FN2O/c11-5-8-14-9(13)10(16)15(8)7-4-2-1-3-6(7)12/h1-4,8-9,14H,5H2. The van der Waals surface area contributed by atoms with Crippen LogP contribution in [0.15, 0.2) is 24.3 Å². The summed E-state index contributed by atoms with van der Waals surface area (Å²) in [6.07, 6.45) is -2.29. The molecule has 86 valence electrons. The van der Waals surface area contributed by atoms with Crippen molar-refractivity contribution >= 4 is 34.8 Å². The number of hydrogen-bond donors (Lipinski definition) is 1. The molecule has 0 aliphatic carbocycles. The Balaban J connectivity index is 2.39. The third kappa shape index (κ3) is 1.88. The molecule has 1 fully saturated rings. The van der Waals surface area contributed by atoms with Gasteiger partial charge in [0.15, 0.2) is 0 Å². The van der Waals surface area contributed by atoms with Crippen LogP contribution in [0.25, 0.3) is 0 Å². The monoisotopic (exact) mass is 262 g/mol. The fourth-order valence-corrected chi connectivity index (χ4v) is 2.09. The number of halogens is 3. The fraction of sp³-hybridized carbons (Fsp3) is 0.300. The smallest absolute Gasteiger partial charge is 0.278 e. The van der Waals surface area contributed by atoms with Crippen molar-refractivity contribution in [1.82, 2.24) is 5.32 Å². The van der Waals surface area contributed by atoms with Gasteiger partial charge in [-0.25, -0.2) is 4.39 Å². The van der Waals surface area contributed by atoms with Crippen molar-refractivity contribution in [1.29, 1.82) is 0 Å². The molecule has 1 saturated heterocycles. The predicted molar refractivity (Wildman–Crippen MR) is 61.5 cm³/mol. The zero-order valence-corrected chi connectivity index (χ0v) is 9.67. The molecule has 16 heavy (non-hydrogen) atoms. The summed E-state index contributed by atoms with van der Waals surface area (Å²) in [5, 5.41) is 2.84. The number of rotatable bonds is 2. The highest BCUT2D eigenvalue weighted by atomic mass is 35.5. The molecule has 1 aromatic carbocycles. The molecule has 3 nitrogen and oxygen atoms in total. The van der Waals surface area contributed by atoms with Gasteiger partial charge in [0, 0.05) is 0 Å². The molecule has 6 heteroatoms. The van der Waals surface area contributed by atoms with Crippen LogP contribution in [0.4, 0.5) is 10.1 Å². The molecule has 1 aliphatic heterocycles. The first-order valence-electron chi connectivity index (χ1n) is 4.69. The number of hydrogen-bond acceptors (Lipinski definition) is 2. The quantitative estimate of drug-likeness (QED) is 0.655. The van der Waals surface area contributed by atoms with Crippen molar-refractivity contribution in [3.63, 3.8) is 0 Å². The minimum atomic E-state index is -1.72. The van der Waals surface area contributed by atoms with Crippen LogP contribution in [0, 0.1) is 0 Å². The summed E-state index contributed by atoms with van der Waals surface area (Å²) in [7, 11) is 0. The number of para-hydroxylation sites is 1. The number of benzene rings is 1. The van der Waals surface area contributed by atoms with Crippen LogP contribution in [-0.4, -0.2) is 24.2 Å². The number of amides is 1. The van der Waals surface area contributed by atoms with Crippen LogP contribution >= 0.6 is 23.2 Å². The largest absolute Gasteiger partial charge is 0.290 e. The number of anilines is 1. The lowest BCUT2D eigenvalue weighted by atomic mass is 10.3. The van der Waals surface area contributed by atoms with Crippen LogP contribution in [0.3, 0.4) is 0 Å². The fourth-order valence-electron chi connectivity index (χ4n) is 1.64. The van der Waals surface area contributed by atoms with E-state index in [0.29, 0.717) is 10.7 Å². The molecule has 1 heterocycles. The summed E-state index contributed by atoms with van der Waals surface area (Å²) in [5.41, 5.74) is 0.465. The highest BCUT2D eigenvalue weighted by Crippen LogP contribution is 2.29. The summed E-state index contributed by atoms with van der Waals surface area (Å²) in [6, 6.07) is 6.76. The van der Waals surface area contributed by atoms with E-state index in [0.717, 1.165) is 0 Å². The normalized spacial score (nSPS) is 25.2. The van der Waals surface area contributed by atoms with Gasteiger partial charge in [-0.3, -0.25) is 15.0 Å². The molecule has 1 amide bonds. The predicted octanol–water partition coefficient (Wildman–Crippen LogP) is 2.14. The summed E-state index contributed by atoms with van der Waals surface area (Å²) < 4.78 is 13.2. The number of carbonyl (C=O) groups excluding carboxylic acids is 1. The molecule has 2 atom stereocenters. The number of alkyl halides is 2. The van der Waals surface area contributed by atoms with E-state index in [1.54, 1.807) is 24.3 Å². The van der Waals surface area contributed by atoms with Gasteiger partial charge < -0.3 is 0 Å². The molecule has 1 aromatic rings. The maximum atomic E-state index is 13.2. The van der Waals surface area contributed by atoms with Crippen LogP contribution in [0.5, 0.6) is 0 Å². The molecule has 0 bridgehead atoms. The molecule has 1 N–H and O–H groups in total. The molecule has 1 aliphatic rings. The highest BCUT2D eigenvalue weighted by Gasteiger charge is 2.40. The Morgan fingerprint density at radius 2 is 2.12 bits per heavy atom. The molecular formula is C10H9Cl2FN2O. The Labute approximate surface area is 102 Å². The van der Waals surface area contributed by atoms with E-state index in [4.69, 9.17) is 23.2 Å². The summed E-state index contributed by atoms with van der Waals surface area (Å²) in [4.78, 5) is 12.8. The first-order chi connectivity index (χ1) is 7.65. The van der Waals surface area contributed by atoms with Crippen LogP contribution in [-0.2, 0) is 4.79 Å². The van der Waals surface area contributed by atoms with Gasteiger partial charge in [-0.1, -0.05) is 23.7 Å². The SMILES string of the molecule is O=C1C(F)NC(CCl)N1c1ccccc1Cl. The Kier molecular flexibility index (Phi) is 3.33. The second-order valence-corrected chi connectivity index (χ2v) is 4.07. The molecule has 0 radical (unpaired) electrons. The number of carbonyl (C=O) groups is 1. The molecule has 0 aromatic heterocycles. The zero-order valence-electron chi connectivity index (χ0n) is 8.16. The third-order valence-corrected chi connectivity index (χ3v) is 2.97. The van der Waals surface area contributed by atoms with Crippen molar-refractivity contribution in [2.45, 2.75) is 12.5 Å². The number of nitrogens with one attached hydrogen (secondary N) is 1. The van der Waals surface area contributed by atoms with Gasteiger partial charge in [0.05, 0.1) is 16.6 Å². The molecule has 0 spiro atoms. The van der Waals surface area contributed by atoms with Crippen molar-refractivity contribution < 1.29 is 9.18 Å². The van der Waals surface area contributed by atoms with Crippen molar-refractivity contribution in [2.24, 2.45) is 0 Å². The van der Waals surface area contributed by atoms with Gasteiger partial charge in [0.25, 0.3) is 5.91 Å². The van der Waals surface area contributed by atoms with Gasteiger partial charge in [-0.15, -0.1) is 11.6 Å².